The van der Waals surface area contributed by atoms with Gasteiger partial charge in [-0.25, -0.2) is 4.79 Å². The van der Waals surface area contributed by atoms with E-state index in [2.05, 4.69) is 22.8 Å². The van der Waals surface area contributed by atoms with Crippen molar-refractivity contribution < 1.29 is 29.3 Å². The molecular weight excluding hydrogens is 456 g/mol. The van der Waals surface area contributed by atoms with Gasteiger partial charge in [0.25, 0.3) is 0 Å². The van der Waals surface area contributed by atoms with E-state index in [1.54, 1.807) is 0 Å². The predicted octanol–water partition coefficient (Wildman–Crippen LogP) is 2.99. The number of rotatable bonds is 11. The number of benzene rings is 2. The Morgan fingerprint density at radius 1 is 1.09 bits per heavy atom. The van der Waals surface area contributed by atoms with Crippen molar-refractivity contribution in [2.45, 2.75) is 37.3 Å². The van der Waals surface area contributed by atoms with Crippen LogP contribution in [0.15, 0.2) is 48.5 Å². The zero-order chi connectivity index (χ0) is 24.7. The molecular formula is C25H30N2O6S. The smallest absolute Gasteiger partial charge is 0.407 e. The highest BCUT2D eigenvalue weighted by atomic mass is 32.2. The summed E-state index contributed by atoms with van der Waals surface area (Å²) in [5, 5.41) is 24.2. The van der Waals surface area contributed by atoms with Crippen LogP contribution in [0.2, 0.25) is 0 Å². The lowest BCUT2D eigenvalue weighted by Gasteiger charge is -2.24. The number of hydrogen-bond acceptors (Lipinski definition) is 6. The fraction of sp³-hybridized carbons (Fsp3) is 0.400. The van der Waals surface area contributed by atoms with Crippen LogP contribution in [0, 0.1) is 0 Å². The number of carbonyl (C=O) groups is 3. The van der Waals surface area contributed by atoms with Crippen LogP contribution >= 0.6 is 11.8 Å². The lowest BCUT2D eigenvalue weighted by molar-refractivity contribution is -0.142. The van der Waals surface area contributed by atoms with Crippen molar-refractivity contribution in [2.75, 3.05) is 25.2 Å². The second-order valence-electron chi connectivity index (χ2n) is 8.59. The van der Waals surface area contributed by atoms with Crippen molar-refractivity contribution in [3.8, 4) is 11.1 Å². The second-order valence-corrected chi connectivity index (χ2v) is 9.57. The van der Waals surface area contributed by atoms with E-state index in [9.17, 15) is 19.5 Å². The maximum Gasteiger partial charge on any atom is 0.407 e. The first-order valence-electron chi connectivity index (χ1n) is 11.0. The first kappa shape index (κ1) is 25.6. The standard InChI is InChI=1S/C25H30N2O6S/c1-25(32,13-22(28)29)15-26-23(30)21(11-12-34-2)27-24(31)33-14-20-18-9-5-3-7-16(18)17-8-4-6-10-19(17)20/h3-10,20-21,32H,11-15H2,1-2H3,(H,26,30)(H,27,31)(H,28,29)/t21-,25?/m0/s1. The van der Waals surface area contributed by atoms with Gasteiger partial charge in [-0.2, -0.15) is 11.8 Å². The molecule has 4 N–H and O–H groups in total. The minimum Gasteiger partial charge on any atom is -0.481 e. The number of amides is 2. The number of hydrogen-bond donors (Lipinski definition) is 4. The molecule has 0 bridgehead atoms. The molecule has 0 fully saturated rings. The third kappa shape index (κ3) is 6.51. The number of alkyl carbamates (subject to hydrolysis) is 1. The van der Waals surface area contributed by atoms with Crippen molar-refractivity contribution in [3.63, 3.8) is 0 Å². The summed E-state index contributed by atoms with van der Waals surface area (Å²) in [4.78, 5) is 36.1. The van der Waals surface area contributed by atoms with E-state index in [-0.39, 0.29) is 19.1 Å². The molecule has 1 unspecified atom stereocenters. The van der Waals surface area contributed by atoms with Crippen molar-refractivity contribution in [3.05, 3.63) is 59.7 Å². The van der Waals surface area contributed by atoms with E-state index in [1.165, 1.54) is 18.7 Å². The summed E-state index contributed by atoms with van der Waals surface area (Å²) in [7, 11) is 0. The molecule has 0 heterocycles. The molecule has 0 aliphatic heterocycles. The molecule has 2 atom stereocenters. The van der Waals surface area contributed by atoms with Crippen LogP contribution in [0.5, 0.6) is 0 Å². The Balaban J connectivity index is 1.61. The molecule has 0 saturated heterocycles. The molecule has 3 rings (SSSR count). The number of carbonyl (C=O) groups excluding carboxylic acids is 2. The molecule has 1 aliphatic carbocycles. The number of nitrogens with one attached hydrogen (secondary N) is 2. The summed E-state index contributed by atoms with van der Waals surface area (Å²) in [5.41, 5.74) is 2.83. The highest BCUT2D eigenvalue weighted by Crippen LogP contribution is 2.44. The van der Waals surface area contributed by atoms with E-state index in [0.29, 0.717) is 12.2 Å². The topological polar surface area (TPSA) is 125 Å². The summed E-state index contributed by atoms with van der Waals surface area (Å²) in [6.07, 6.45) is 1.03. The summed E-state index contributed by atoms with van der Waals surface area (Å²) in [6, 6.07) is 15.2. The summed E-state index contributed by atoms with van der Waals surface area (Å²) < 4.78 is 5.53. The Bertz CT molecular complexity index is 996. The Morgan fingerprint density at radius 2 is 1.68 bits per heavy atom. The molecule has 0 aromatic heterocycles. The number of ether oxygens (including phenoxy) is 1. The molecule has 2 amide bonds. The molecule has 0 saturated carbocycles. The van der Waals surface area contributed by atoms with E-state index >= 15 is 0 Å². The monoisotopic (exact) mass is 486 g/mol. The zero-order valence-electron chi connectivity index (χ0n) is 19.2. The largest absolute Gasteiger partial charge is 0.481 e. The van der Waals surface area contributed by atoms with E-state index in [0.717, 1.165) is 22.3 Å². The van der Waals surface area contributed by atoms with Gasteiger partial charge in [0.2, 0.25) is 5.91 Å². The summed E-state index contributed by atoms with van der Waals surface area (Å²) in [5.74, 6) is -1.15. The number of aliphatic carboxylic acids is 1. The van der Waals surface area contributed by atoms with Gasteiger partial charge >= 0.3 is 12.1 Å². The van der Waals surface area contributed by atoms with E-state index < -0.39 is 36.0 Å². The zero-order valence-corrected chi connectivity index (χ0v) is 20.1. The summed E-state index contributed by atoms with van der Waals surface area (Å²) >= 11 is 1.53. The van der Waals surface area contributed by atoms with Gasteiger partial charge < -0.3 is 25.6 Å². The fourth-order valence-corrected chi connectivity index (χ4v) is 4.55. The molecule has 8 nitrogen and oxygen atoms in total. The van der Waals surface area contributed by atoms with Gasteiger partial charge in [0, 0.05) is 12.5 Å². The lowest BCUT2D eigenvalue weighted by Crippen LogP contribution is -2.51. The van der Waals surface area contributed by atoms with Crippen LogP contribution in [0.3, 0.4) is 0 Å². The summed E-state index contributed by atoms with van der Waals surface area (Å²) in [6.45, 7) is 1.21. The quantitative estimate of drug-likeness (QED) is 0.385. The van der Waals surface area contributed by atoms with Crippen molar-refractivity contribution in [1.29, 1.82) is 0 Å². The maximum absolute atomic E-state index is 12.7. The Hall–Kier alpha value is -3.04. The molecule has 2 aromatic rings. The minimum absolute atomic E-state index is 0.0947. The van der Waals surface area contributed by atoms with Crippen LogP contribution in [-0.4, -0.2) is 65.0 Å². The third-order valence-electron chi connectivity index (χ3n) is 5.74. The first-order valence-corrected chi connectivity index (χ1v) is 12.4. The first-order chi connectivity index (χ1) is 16.2. The average molecular weight is 487 g/mol. The predicted molar refractivity (Wildman–Crippen MR) is 131 cm³/mol. The van der Waals surface area contributed by atoms with Gasteiger partial charge in [0.1, 0.15) is 12.6 Å². The van der Waals surface area contributed by atoms with Crippen molar-refractivity contribution in [2.24, 2.45) is 0 Å². The van der Waals surface area contributed by atoms with Gasteiger partial charge in [-0.05, 0) is 47.6 Å². The van der Waals surface area contributed by atoms with Gasteiger partial charge in [-0.3, -0.25) is 9.59 Å². The molecule has 2 aromatic carbocycles. The minimum atomic E-state index is -1.60. The highest BCUT2D eigenvalue weighted by molar-refractivity contribution is 7.98. The number of carboxylic acid groups (broad SMARTS) is 1. The van der Waals surface area contributed by atoms with E-state index in [4.69, 9.17) is 9.84 Å². The van der Waals surface area contributed by atoms with Gasteiger partial charge in [0.15, 0.2) is 0 Å². The number of fused-ring (bicyclic) bond motifs is 3. The van der Waals surface area contributed by atoms with Crippen LogP contribution in [0.25, 0.3) is 11.1 Å². The molecule has 0 radical (unpaired) electrons. The molecule has 182 valence electrons. The van der Waals surface area contributed by atoms with Gasteiger partial charge in [0.05, 0.1) is 12.0 Å². The van der Waals surface area contributed by atoms with Gasteiger partial charge in [-0.1, -0.05) is 48.5 Å². The fourth-order valence-electron chi connectivity index (χ4n) is 4.08. The number of thioether (sulfide) groups is 1. The van der Waals surface area contributed by atoms with Crippen LogP contribution in [-0.2, 0) is 14.3 Å². The van der Waals surface area contributed by atoms with Gasteiger partial charge in [-0.15, -0.1) is 0 Å². The highest BCUT2D eigenvalue weighted by Gasteiger charge is 2.30. The molecule has 34 heavy (non-hydrogen) atoms. The average Bonchev–Trinajstić information content (AvgIpc) is 3.12. The van der Waals surface area contributed by atoms with Crippen LogP contribution in [0.4, 0.5) is 4.79 Å². The lowest BCUT2D eigenvalue weighted by atomic mass is 9.98. The number of aliphatic hydroxyl groups is 1. The Kier molecular flexibility index (Phi) is 8.57. The second kappa shape index (κ2) is 11.4. The normalized spacial score (nSPS) is 14.9. The molecule has 0 spiro atoms. The van der Waals surface area contributed by atoms with Crippen LogP contribution < -0.4 is 10.6 Å². The Labute approximate surface area is 203 Å². The number of carboxylic acids is 1. The SMILES string of the molecule is CSCC[C@H](NC(=O)OCC1c2ccccc2-c2ccccc21)C(=O)NCC(C)(O)CC(=O)O. The Morgan fingerprint density at radius 3 is 2.24 bits per heavy atom. The van der Waals surface area contributed by atoms with E-state index in [1.807, 2.05) is 42.7 Å². The molecule has 1 aliphatic rings. The van der Waals surface area contributed by atoms with Crippen molar-refractivity contribution in [1.82, 2.24) is 10.6 Å². The maximum atomic E-state index is 12.7. The van der Waals surface area contributed by atoms with Crippen molar-refractivity contribution >= 4 is 29.7 Å². The third-order valence-corrected chi connectivity index (χ3v) is 6.38. The molecule has 9 heteroatoms. The van der Waals surface area contributed by atoms with Crippen LogP contribution in [0.1, 0.15) is 36.8 Å².